The van der Waals surface area contributed by atoms with Crippen LogP contribution in [0, 0.1) is 0 Å². The molecule has 3 aromatic rings. The first-order valence-corrected chi connectivity index (χ1v) is 11.4. The number of nitrogens with zero attached hydrogens (tertiary/aromatic N) is 1. The van der Waals surface area contributed by atoms with Gasteiger partial charge in [-0.3, -0.25) is 4.57 Å². The molecule has 0 saturated heterocycles. The zero-order valence-electron chi connectivity index (χ0n) is 16.4. The largest absolute Gasteiger partial charge is 0.368 e. The van der Waals surface area contributed by atoms with E-state index >= 15 is 0 Å². The SMILES string of the molecule is O=P(O)(O)c1ccccc1C[n+]1ccc(C2(Cc3ccccc3)C=CNC=C2)cc1. The first-order valence-electron chi connectivity index (χ1n) is 9.75. The maximum absolute atomic E-state index is 11.8. The second-order valence-electron chi connectivity index (χ2n) is 7.47. The van der Waals surface area contributed by atoms with Crippen LogP contribution in [0.2, 0.25) is 0 Å². The quantitative estimate of drug-likeness (QED) is 0.424. The molecule has 2 aromatic carbocycles. The van der Waals surface area contributed by atoms with Crippen LogP contribution in [-0.4, -0.2) is 9.79 Å². The number of aromatic nitrogens is 1. The zero-order valence-corrected chi connectivity index (χ0v) is 17.3. The summed E-state index contributed by atoms with van der Waals surface area (Å²) < 4.78 is 13.7. The van der Waals surface area contributed by atoms with Gasteiger partial charge in [-0.25, -0.2) is 4.57 Å². The van der Waals surface area contributed by atoms with Crippen LogP contribution in [0.15, 0.2) is 104 Å². The van der Waals surface area contributed by atoms with Gasteiger partial charge in [0.15, 0.2) is 18.9 Å². The van der Waals surface area contributed by atoms with Crippen molar-refractivity contribution in [3.05, 3.63) is 120 Å². The summed E-state index contributed by atoms with van der Waals surface area (Å²) in [6.07, 6.45) is 13.0. The third kappa shape index (κ3) is 4.44. The predicted octanol–water partition coefficient (Wildman–Crippen LogP) is 2.94. The molecule has 30 heavy (non-hydrogen) atoms. The summed E-state index contributed by atoms with van der Waals surface area (Å²) >= 11 is 0. The summed E-state index contributed by atoms with van der Waals surface area (Å²) in [5.74, 6) is 0. The van der Waals surface area contributed by atoms with Gasteiger partial charge in [0.05, 0.1) is 5.30 Å². The average Bonchev–Trinajstić information content (AvgIpc) is 2.75. The average molecular weight is 419 g/mol. The molecule has 1 aromatic heterocycles. The number of rotatable bonds is 6. The lowest BCUT2D eigenvalue weighted by Gasteiger charge is -2.30. The number of benzene rings is 2. The Labute approximate surface area is 176 Å². The van der Waals surface area contributed by atoms with Crippen molar-refractivity contribution < 1.29 is 18.9 Å². The van der Waals surface area contributed by atoms with Gasteiger partial charge in [-0.2, -0.15) is 0 Å². The van der Waals surface area contributed by atoms with Crippen LogP contribution in [-0.2, 0) is 22.9 Å². The van der Waals surface area contributed by atoms with Crippen molar-refractivity contribution >= 4 is 12.9 Å². The third-order valence-electron chi connectivity index (χ3n) is 5.38. The van der Waals surface area contributed by atoms with Crippen molar-refractivity contribution in [3.63, 3.8) is 0 Å². The van der Waals surface area contributed by atoms with Crippen molar-refractivity contribution in [2.45, 2.75) is 18.4 Å². The molecule has 0 saturated carbocycles. The highest BCUT2D eigenvalue weighted by atomic mass is 31.2. The van der Waals surface area contributed by atoms with Crippen LogP contribution in [0.4, 0.5) is 0 Å². The molecule has 0 bridgehead atoms. The van der Waals surface area contributed by atoms with Gasteiger partial charge in [0.1, 0.15) is 0 Å². The molecule has 0 unspecified atom stereocenters. The Hall–Kier alpha value is -2.98. The maximum atomic E-state index is 11.8. The Morgan fingerprint density at radius 1 is 0.867 bits per heavy atom. The van der Waals surface area contributed by atoms with Crippen molar-refractivity contribution in [2.24, 2.45) is 0 Å². The van der Waals surface area contributed by atoms with E-state index in [1.54, 1.807) is 18.2 Å². The van der Waals surface area contributed by atoms with Crippen molar-refractivity contribution in [1.29, 1.82) is 0 Å². The van der Waals surface area contributed by atoms with E-state index < -0.39 is 7.60 Å². The van der Waals surface area contributed by atoms with Gasteiger partial charge >= 0.3 is 7.60 Å². The number of dihydropyridines is 1. The van der Waals surface area contributed by atoms with E-state index in [-0.39, 0.29) is 10.7 Å². The van der Waals surface area contributed by atoms with Crippen LogP contribution in [0.1, 0.15) is 16.7 Å². The standard InChI is InChI=1S/C24H23N2O3P/c27-30(28,29)23-9-5-4-8-21(23)19-26-16-10-22(11-17-26)24(12-14-25-15-13-24)18-20-6-2-1-3-7-20/h1-17,25H,18-19H2,(H-,27,28,29)/p+1. The molecule has 4 rings (SSSR count). The molecule has 2 heterocycles. The summed E-state index contributed by atoms with van der Waals surface area (Å²) in [7, 11) is -4.31. The monoisotopic (exact) mass is 419 g/mol. The molecule has 5 nitrogen and oxygen atoms in total. The lowest BCUT2D eigenvalue weighted by atomic mass is 9.75. The number of pyridine rings is 1. The Balaban J connectivity index is 1.62. The summed E-state index contributed by atoms with van der Waals surface area (Å²) in [6.45, 7) is 0.389. The zero-order chi connectivity index (χ0) is 21.0. The molecule has 0 spiro atoms. The number of allylic oxidation sites excluding steroid dienone is 2. The van der Waals surface area contributed by atoms with E-state index in [0.29, 0.717) is 12.1 Å². The minimum absolute atomic E-state index is 0.0753. The number of hydrogen-bond donors (Lipinski definition) is 3. The second kappa shape index (κ2) is 8.41. The van der Waals surface area contributed by atoms with E-state index in [1.807, 2.05) is 35.4 Å². The smallest absolute Gasteiger partial charge is 0.356 e. The summed E-state index contributed by atoms with van der Waals surface area (Å²) in [6, 6.07) is 21.2. The molecule has 0 fully saturated rings. The molecule has 3 N–H and O–H groups in total. The highest BCUT2D eigenvalue weighted by Crippen LogP contribution is 2.35. The van der Waals surface area contributed by atoms with E-state index in [4.69, 9.17) is 0 Å². The Morgan fingerprint density at radius 3 is 2.17 bits per heavy atom. The Bertz CT molecular complexity index is 1110. The minimum Gasteiger partial charge on any atom is -0.368 e. The van der Waals surface area contributed by atoms with Crippen molar-refractivity contribution in [3.8, 4) is 0 Å². The second-order valence-corrected chi connectivity index (χ2v) is 9.04. The Kier molecular flexibility index (Phi) is 5.69. The molecule has 0 radical (unpaired) electrons. The van der Waals surface area contributed by atoms with E-state index in [1.165, 1.54) is 11.6 Å². The molecule has 0 aliphatic carbocycles. The molecule has 0 atom stereocenters. The van der Waals surface area contributed by atoms with Gasteiger partial charge in [-0.05, 0) is 36.0 Å². The van der Waals surface area contributed by atoms with Crippen LogP contribution in [0.3, 0.4) is 0 Å². The molecule has 152 valence electrons. The van der Waals surface area contributed by atoms with Crippen LogP contribution in [0.5, 0.6) is 0 Å². The fourth-order valence-electron chi connectivity index (χ4n) is 3.85. The van der Waals surface area contributed by atoms with Crippen molar-refractivity contribution in [2.75, 3.05) is 0 Å². The topological polar surface area (TPSA) is 73.4 Å². The third-order valence-corrected chi connectivity index (χ3v) is 6.44. The maximum Gasteiger partial charge on any atom is 0.356 e. The van der Waals surface area contributed by atoms with Crippen LogP contribution in [0.25, 0.3) is 0 Å². The van der Waals surface area contributed by atoms with E-state index in [9.17, 15) is 14.4 Å². The number of nitrogens with one attached hydrogen (secondary N) is 1. The van der Waals surface area contributed by atoms with E-state index in [2.05, 4.69) is 53.9 Å². The summed E-state index contributed by atoms with van der Waals surface area (Å²) in [4.78, 5) is 19.2. The first-order chi connectivity index (χ1) is 14.5. The van der Waals surface area contributed by atoms with Gasteiger partial charge in [0.25, 0.3) is 0 Å². The van der Waals surface area contributed by atoms with Gasteiger partial charge in [-0.15, -0.1) is 0 Å². The fourth-order valence-corrected chi connectivity index (χ4v) is 4.65. The molecular weight excluding hydrogens is 395 g/mol. The van der Waals surface area contributed by atoms with Crippen molar-refractivity contribution in [1.82, 2.24) is 5.32 Å². The normalized spacial score (nSPS) is 15.0. The van der Waals surface area contributed by atoms with Gasteiger partial charge in [0, 0.05) is 23.1 Å². The van der Waals surface area contributed by atoms with Gasteiger partial charge < -0.3 is 15.1 Å². The molecule has 1 aliphatic heterocycles. The number of hydrogen-bond acceptors (Lipinski definition) is 2. The highest BCUT2D eigenvalue weighted by molar-refractivity contribution is 7.60. The molecule has 6 heteroatoms. The fraction of sp³-hybridized carbons (Fsp3) is 0.125. The van der Waals surface area contributed by atoms with Gasteiger partial charge in [-0.1, -0.05) is 60.7 Å². The Morgan fingerprint density at radius 2 is 1.50 bits per heavy atom. The lowest BCUT2D eigenvalue weighted by molar-refractivity contribution is -0.688. The van der Waals surface area contributed by atoms with E-state index in [0.717, 1.165) is 12.0 Å². The molecular formula is C24H24N2O3P+. The van der Waals surface area contributed by atoms with Crippen LogP contribution >= 0.6 is 7.60 Å². The van der Waals surface area contributed by atoms with Gasteiger partial charge in [0.2, 0.25) is 0 Å². The lowest BCUT2D eigenvalue weighted by Crippen LogP contribution is -2.37. The predicted molar refractivity (Wildman–Crippen MR) is 117 cm³/mol. The summed E-state index contributed by atoms with van der Waals surface area (Å²) in [5, 5.41) is 3.19. The molecule has 1 aliphatic rings. The van der Waals surface area contributed by atoms with Crippen LogP contribution < -0.4 is 15.2 Å². The minimum atomic E-state index is -4.31. The highest BCUT2D eigenvalue weighted by Gasteiger charge is 2.29. The summed E-state index contributed by atoms with van der Waals surface area (Å²) in [5.41, 5.74) is 2.76. The molecule has 0 amide bonds. The first kappa shape index (κ1) is 20.3.